The van der Waals surface area contributed by atoms with E-state index in [2.05, 4.69) is 25.5 Å². The Bertz CT molecular complexity index is 857. The molecule has 130 valence electrons. The average molecular weight is 329 g/mol. The summed E-state index contributed by atoms with van der Waals surface area (Å²) in [5.41, 5.74) is 3.04. The molecule has 0 aliphatic heterocycles. The van der Waals surface area contributed by atoms with Gasteiger partial charge in [-0.2, -0.15) is 5.10 Å². The third-order valence-electron chi connectivity index (χ3n) is 4.82. The van der Waals surface area contributed by atoms with E-state index < -0.39 is 0 Å². The lowest BCUT2D eigenvalue weighted by Crippen LogP contribution is -2.30. The molecule has 3 aromatic heterocycles. The van der Waals surface area contributed by atoms with Crippen LogP contribution in [0.25, 0.3) is 22.3 Å². The molecule has 3 aromatic rings. The normalized spacial score (nSPS) is 15.7. The van der Waals surface area contributed by atoms with E-state index in [1.807, 2.05) is 24.4 Å². The molecule has 3 N–H and O–H groups in total. The molecule has 3 heterocycles. The number of amides is 1. The van der Waals surface area contributed by atoms with Crippen molar-refractivity contribution in [2.45, 2.75) is 32.1 Å². The van der Waals surface area contributed by atoms with Gasteiger partial charge >= 0.3 is 0 Å². The smallest absolute Gasteiger partial charge is 0.267 e. The highest BCUT2D eigenvalue weighted by Gasteiger charge is 2.16. The zero-order valence-electron chi connectivity index (χ0n) is 13.5. The summed E-state index contributed by atoms with van der Waals surface area (Å²) in [7, 11) is 0. The Balaban J connectivity index is 0.00000121. The summed E-state index contributed by atoms with van der Waals surface area (Å²) in [6.45, 7) is 0.768. The fraction of sp³-hybridized carbons (Fsp3) is 0.389. The number of hydrogen-bond acceptors (Lipinski definition) is 3. The first-order valence-corrected chi connectivity index (χ1v) is 8.57. The number of pyridine rings is 1. The molecular weight excluding hydrogens is 302 g/mol. The van der Waals surface area contributed by atoms with Crippen molar-refractivity contribution in [1.82, 2.24) is 25.5 Å². The van der Waals surface area contributed by atoms with Crippen molar-refractivity contribution in [3.8, 4) is 11.3 Å². The molecule has 1 saturated carbocycles. The Labute approximate surface area is 144 Å². The van der Waals surface area contributed by atoms with E-state index in [1.54, 1.807) is 6.20 Å². The molecule has 1 fully saturated rings. The Morgan fingerprint density at radius 2 is 2.21 bits per heavy atom. The number of nitrogens with one attached hydrogen (secondary N) is 3. The minimum absolute atomic E-state index is 0. The zero-order valence-corrected chi connectivity index (χ0v) is 13.5. The quantitative estimate of drug-likeness (QED) is 0.676. The minimum atomic E-state index is -0.0474. The number of H-pyrrole nitrogens is 2. The van der Waals surface area contributed by atoms with Crippen LogP contribution in [0.1, 0.15) is 46.9 Å². The van der Waals surface area contributed by atoms with Crippen molar-refractivity contribution in [1.29, 1.82) is 0 Å². The van der Waals surface area contributed by atoms with Gasteiger partial charge in [0.25, 0.3) is 5.91 Å². The minimum Gasteiger partial charge on any atom is -0.357 e. The van der Waals surface area contributed by atoms with Crippen molar-refractivity contribution < 1.29 is 9.07 Å². The molecule has 1 amide bonds. The first-order valence-electron chi connectivity index (χ1n) is 8.57. The number of nitrogens with zero attached hydrogens (tertiary/aromatic N) is 2. The van der Waals surface area contributed by atoms with E-state index in [4.69, 9.17) is 0 Å². The Morgan fingerprint density at radius 3 is 3.08 bits per heavy atom. The van der Waals surface area contributed by atoms with E-state index in [1.165, 1.54) is 32.1 Å². The van der Waals surface area contributed by atoms with Crippen molar-refractivity contribution in [2.75, 3.05) is 6.54 Å². The summed E-state index contributed by atoms with van der Waals surface area (Å²) >= 11 is 0. The average Bonchev–Trinajstić information content (AvgIpc) is 3.27. The second kappa shape index (κ2) is 6.47. The lowest BCUT2D eigenvalue weighted by molar-refractivity contribution is 0.0939. The van der Waals surface area contributed by atoms with Gasteiger partial charge in [-0.25, -0.2) is 4.98 Å². The molecule has 0 saturated heterocycles. The Kier molecular flexibility index (Phi) is 4.02. The number of rotatable bonds is 4. The summed E-state index contributed by atoms with van der Waals surface area (Å²) in [5, 5.41) is 11.2. The number of carbonyl (C=O) groups is 1. The summed E-state index contributed by atoms with van der Waals surface area (Å²) < 4.78 is 0. The lowest BCUT2D eigenvalue weighted by atomic mass is 9.89. The number of aromatic nitrogens is 4. The van der Waals surface area contributed by atoms with Gasteiger partial charge in [0, 0.05) is 34.2 Å². The second-order valence-corrected chi connectivity index (χ2v) is 6.49. The van der Waals surface area contributed by atoms with Gasteiger partial charge < -0.3 is 10.3 Å². The highest BCUT2D eigenvalue weighted by atomic mass is 16.1. The van der Waals surface area contributed by atoms with Gasteiger partial charge in [0.2, 0.25) is 0 Å². The fourth-order valence-corrected chi connectivity index (χ4v) is 3.46. The maximum absolute atomic E-state index is 12.4. The van der Waals surface area contributed by atoms with Crippen LogP contribution in [0.3, 0.4) is 0 Å². The molecule has 0 bridgehead atoms. The van der Waals surface area contributed by atoms with Gasteiger partial charge in [-0.15, -0.1) is 0 Å². The van der Waals surface area contributed by atoms with E-state index in [9.17, 15) is 4.79 Å². The predicted molar refractivity (Wildman–Crippen MR) is 98.9 cm³/mol. The molecule has 1 aliphatic rings. The van der Waals surface area contributed by atoms with Crippen LogP contribution in [-0.2, 0) is 0 Å². The highest BCUT2D eigenvalue weighted by molar-refractivity contribution is 5.96. The molecule has 0 aromatic carbocycles. The molecule has 0 atom stereocenters. The number of fused-ring (bicyclic) bond motifs is 1. The van der Waals surface area contributed by atoms with Crippen LogP contribution in [0.5, 0.6) is 0 Å². The predicted octanol–water partition coefficient (Wildman–Crippen LogP) is 4.00. The summed E-state index contributed by atoms with van der Waals surface area (Å²) in [6.07, 6.45) is 9.90. The molecule has 0 radical (unpaired) electrons. The topological polar surface area (TPSA) is 86.5 Å². The van der Waals surface area contributed by atoms with Gasteiger partial charge in [-0.3, -0.25) is 9.89 Å². The van der Waals surface area contributed by atoms with Gasteiger partial charge in [-0.1, -0.05) is 19.3 Å². The van der Waals surface area contributed by atoms with Crippen molar-refractivity contribution >= 4 is 16.9 Å². The standard InChI is InChI=1S/C18H21N5O.3H2/c24-18(21-10-12-5-2-1-3-6-12)15-9-13(11-20-15)16-14-7-4-8-19-17(14)23-22-16;;;/h4,7-9,11-12,20H,1-3,5-6,10H2,(H,21,24)(H,19,22,23);3*1H. The maximum Gasteiger partial charge on any atom is 0.267 e. The number of hydrogen-bond donors (Lipinski definition) is 3. The van der Waals surface area contributed by atoms with E-state index in [0.29, 0.717) is 17.3 Å². The molecule has 6 nitrogen and oxygen atoms in total. The maximum atomic E-state index is 12.4. The van der Waals surface area contributed by atoms with Crippen molar-refractivity contribution in [3.05, 3.63) is 36.3 Å². The van der Waals surface area contributed by atoms with Gasteiger partial charge in [0.15, 0.2) is 5.65 Å². The van der Waals surface area contributed by atoms with Crippen LogP contribution in [0.4, 0.5) is 0 Å². The monoisotopic (exact) mass is 329 g/mol. The molecular formula is C18H27N5O. The molecule has 4 rings (SSSR count). The summed E-state index contributed by atoms with van der Waals surface area (Å²) in [4.78, 5) is 19.6. The van der Waals surface area contributed by atoms with Gasteiger partial charge in [0.05, 0.1) is 5.69 Å². The van der Waals surface area contributed by atoms with Crippen LogP contribution in [0.15, 0.2) is 30.6 Å². The van der Waals surface area contributed by atoms with Gasteiger partial charge in [-0.05, 0) is 37.0 Å². The number of aromatic amines is 2. The lowest BCUT2D eigenvalue weighted by Gasteiger charge is -2.21. The Hall–Kier alpha value is -2.63. The SMILES string of the molecule is O=C(NCC1CCCCC1)c1cc(-c2[nH]nc3ncccc23)c[nH]1.[HH].[HH].[HH]. The van der Waals surface area contributed by atoms with Crippen LogP contribution >= 0.6 is 0 Å². The van der Waals surface area contributed by atoms with Crippen LogP contribution in [0.2, 0.25) is 0 Å². The first kappa shape index (κ1) is 14.9. The molecule has 24 heavy (non-hydrogen) atoms. The van der Waals surface area contributed by atoms with Gasteiger partial charge in [0.1, 0.15) is 5.69 Å². The molecule has 0 spiro atoms. The molecule has 0 unspecified atom stereocenters. The number of carbonyl (C=O) groups excluding carboxylic acids is 1. The summed E-state index contributed by atoms with van der Waals surface area (Å²) in [5.74, 6) is 0.577. The zero-order chi connectivity index (χ0) is 16.4. The first-order chi connectivity index (χ1) is 11.8. The van der Waals surface area contributed by atoms with Crippen LogP contribution in [-0.4, -0.2) is 32.6 Å². The van der Waals surface area contributed by atoms with E-state index in [-0.39, 0.29) is 10.2 Å². The largest absolute Gasteiger partial charge is 0.357 e. The van der Waals surface area contributed by atoms with E-state index in [0.717, 1.165) is 23.2 Å². The third-order valence-corrected chi connectivity index (χ3v) is 4.82. The molecule has 1 aliphatic carbocycles. The van der Waals surface area contributed by atoms with Crippen molar-refractivity contribution in [2.24, 2.45) is 5.92 Å². The Morgan fingerprint density at radius 1 is 1.33 bits per heavy atom. The molecule has 6 heteroatoms. The van der Waals surface area contributed by atoms with E-state index >= 15 is 0 Å². The van der Waals surface area contributed by atoms with Crippen LogP contribution in [0, 0.1) is 5.92 Å². The third kappa shape index (κ3) is 2.91. The van der Waals surface area contributed by atoms with Crippen molar-refractivity contribution in [3.63, 3.8) is 0 Å². The second-order valence-electron chi connectivity index (χ2n) is 6.49. The highest BCUT2D eigenvalue weighted by Crippen LogP contribution is 2.26. The fourth-order valence-electron chi connectivity index (χ4n) is 3.46. The van der Waals surface area contributed by atoms with Crippen LogP contribution < -0.4 is 5.32 Å². The summed E-state index contributed by atoms with van der Waals surface area (Å²) in [6, 6.07) is 5.71.